The van der Waals surface area contributed by atoms with Crippen LogP contribution in [0.5, 0.6) is 0 Å². The number of amides is 4. The van der Waals surface area contributed by atoms with Gasteiger partial charge in [-0.3, -0.25) is 14.4 Å². The number of fused-ring (bicyclic) bond motifs is 3. The van der Waals surface area contributed by atoms with Crippen LogP contribution in [0.2, 0.25) is 0 Å². The van der Waals surface area contributed by atoms with Crippen molar-refractivity contribution in [2.75, 3.05) is 85.9 Å². The Kier molecular flexibility index (Phi) is 16.7. The fraction of sp³-hybridized carbons (Fsp3) is 0.529. The molecule has 1 aliphatic rings. The summed E-state index contributed by atoms with van der Waals surface area (Å²) in [6.45, 7) is 3.97. The summed E-state index contributed by atoms with van der Waals surface area (Å²) in [5.41, 5.74) is 4.33. The highest BCUT2D eigenvalue weighted by Crippen LogP contribution is 2.47. The SMILES string of the molecule is CNC(=O)OCC1c2cc(NC(=O)CCCC(=O)NCCOCCCOC)ccc2-c2c(C(=O)NCCOCCCOC)cccc21. The van der Waals surface area contributed by atoms with Crippen LogP contribution in [0.25, 0.3) is 11.1 Å². The van der Waals surface area contributed by atoms with Crippen molar-refractivity contribution in [3.63, 3.8) is 0 Å². The third kappa shape index (κ3) is 12.2. The van der Waals surface area contributed by atoms with Crippen molar-refractivity contribution in [3.05, 3.63) is 53.1 Å². The summed E-state index contributed by atoms with van der Waals surface area (Å²) < 4.78 is 26.4. The molecule has 1 aliphatic carbocycles. The minimum Gasteiger partial charge on any atom is -0.449 e. The number of anilines is 1. The van der Waals surface area contributed by atoms with Crippen LogP contribution in [-0.4, -0.2) is 104 Å². The fourth-order valence-electron chi connectivity index (χ4n) is 5.22. The molecule has 0 bridgehead atoms. The number of alkyl carbamates (subject to hydrolysis) is 1. The van der Waals surface area contributed by atoms with E-state index in [4.69, 9.17) is 23.7 Å². The minimum atomic E-state index is -0.567. The number of methoxy groups -OCH3 is 2. The van der Waals surface area contributed by atoms with Crippen LogP contribution in [0.1, 0.15) is 59.5 Å². The van der Waals surface area contributed by atoms with Crippen molar-refractivity contribution in [1.29, 1.82) is 0 Å². The van der Waals surface area contributed by atoms with Gasteiger partial charge in [-0.05, 0) is 59.7 Å². The van der Waals surface area contributed by atoms with E-state index in [2.05, 4.69) is 21.3 Å². The standard InChI is InChI=1S/C34H48N4O9/c1-35-34(42)47-23-29-25-8-4-9-27(33(41)37-15-21-46-19-7-17-44-3)32(25)26-13-12-24(22-28(26)29)38-31(40)11-5-10-30(39)36-14-20-45-18-6-16-43-2/h4,8-9,12-13,22,29H,5-7,10-11,14-21,23H2,1-3H3,(H,35,42)(H,36,39)(H,37,41)(H,38,40). The predicted molar refractivity (Wildman–Crippen MR) is 177 cm³/mol. The largest absolute Gasteiger partial charge is 0.449 e. The summed E-state index contributed by atoms with van der Waals surface area (Å²) in [4.78, 5) is 50.1. The van der Waals surface area contributed by atoms with Gasteiger partial charge in [0.25, 0.3) is 5.91 Å². The molecule has 1 atom stereocenters. The van der Waals surface area contributed by atoms with Gasteiger partial charge in [-0.25, -0.2) is 4.79 Å². The Hall–Kier alpha value is -4.04. The quantitative estimate of drug-likeness (QED) is 0.139. The van der Waals surface area contributed by atoms with Crippen LogP contribution in [0.15, 0.2) is 36.4 Å². The summed E-state index contributed by atoms with van der Waals surface area (Å²) in [5.74, 6) is -0.949. The van der Waals surface area contributed by atoms with Crippen LogP contribution in [-0.2, 0) is 33.3 Å². The zero-order valence-electron chi connectivity index (χ0n) is 27.6. The molecule has 0 spiro atoms. The summed E-state index contributed by atoms with van der Waals surface area (Å²) in [6.07, 6.45) is 1.79. The second-order valence-corrected chi connectivity index (χ2v) is 10.9. The topological polar surface area (TPSA) is 163 Å². The van der Waals surface area contributed by atoms with E-state index in [-0.39, 0.29) is 43.1 Å². The molecule has 0 saturated carbocycles. The highest BCUT2D eigenvalue weighted by molar-refractivity contribution is 6.04. The Bertz CT molecular complexity index is 1320. The lowest BCUT2D eigenvalue weighted by atomic mass is 9.96. The molecule has 0 aromatic heterocycles. The van der Waals surface area contributed by atoms with Crippen molar-refractivity contribution in [3.8, 4) is 11.1 Å². The van der Waals surface area contributed by atoms with Crippen molar-refractivity contribution >= 4 is 29.5 Å². The van der Waals surface area contributed by atoms with Gasteiger partial charge in [-0.15, -0.1) is 0 Å². The van der Waals surface area contributed by atoms with E-state index >= 15 is 0 Å². The highest BCUT2D eigenvalue weighted by Gasteiger charge is 2.33. The molecule has 0 radical (unpaired) electrons. The van der Waals surface area contributed by atoms with E-state index in [0.717, 1.165) is 35.1 Å². The number of carbonyl (C=O) groups is 4. The minimum absolute atomic E-state index is 0.0464. The van der Waals surface area contributed by atoms with E-state index in [1.807, 2.05) is 24.3 Å². The molecule has 13 nitrogen and oxygen atoms in total. The summed E-state index contributed by atoms with van der Waals surface area (Å²) in [5, 5.41) is 11.1. The Morgan fingerprint density at radius 1 is 0.745 bits per heavy atom. The van der Waals surface area contributed by atoms with E-state index in [1.54, 1.807) is 26.4 Å². The van der Waals surface area contributed by atoms with Crippen LogP contribution < -0.4 is 21.3 Å². The average Bonchev–Trinajstić information content (AvgIpc) is 3.38. The van der Waals surface area contributed by atoms with Crippen molar-refractivity contribution in [2.24, 2.45) is 0 Å². The smallest absolute Gasteiger partial charge is 0.406 e. The number of nitrogens with one attached hydrogen (secondary N) is 4. The molecule has 0 heterocycles. The van der Waals surface area contributed by atoms with Crippen LogP contribution >= 0.6 is 0 Å². The number of hydrogen-bond acceptors (Lipinski definition) is 9. The summed E-state index contributed by atoms with van der Waals surface area (Å²) in [7, 11) is 4.76. The maximum Gasteiger partial charge on any atom is 0.406 e. The van der Waals surface area contributed by atoms with Gasteiger partial charge in [0.05, 0.1) is 13.2 Å². The van der Waals surface area contributed by atoms with Gasteiger partial charge in [-0.1, -0.05) is 18.2 Å². The number of rotatable bonds is 22. The zero-order chi connectivity index (χ0) is 33.9. The highest BCUT2D eigenvalue weighted by atomic mass is 16.5. The van der Waals surface area contributed by atoms with Gasteiger partial charge in [-0.2, -0.15) is 0 Å². The van der Waals surface area contributed by atoms with Crippen molar-refractivity contribution in [1.82, 2.24) is 16.0 Å². The molecule has 0 aliphatic heterocycles. The molecule has 2 aromatic rings. The maximum atomic E-state index is 13.3. The molecule has 47 heavy (non-hydrogen) atoms. The first-order valence-electron chi connectivity index (χ1n) is 16.0. The zero-order valence-corrected chi connectivity index (χ0v) is 27.6. The summed E-state index contributed by atoms with van der Waals surface area (Å²) >= 11 is 0. The Balaban J connectivity index is 1.61. The Labute approximate surface area is 276 Å². The van der Waals surface area contributed by atoms with Gasteiger partial charge >= 0.3 is 6.09 Å². The monoisotopic (exact) mass is 656 g/mol. The first-order valence-corrected chi connectivity index (χ1v) is 16.0. The lowest BCUT2D eigenvalue weighted by Crippen LogP contribution is -2.28. The van der Waals surface area contributed by atoms with E-state index < -0.39 is 6.09 Å². The third-order valence-corrected chi connectivity index (χ3v) is 7.46. The average molecular weight is 657 g/mol. The predicted octanol–water partition coefficient (Wildman–Crippen LogP) is 3.22. The van der Waals surface area contributed by atoms with E-state index in [1.165, 1.54) is 7.05 Å². The molecule has 258 valence electrons. The number of ether oxygens (including phenoxy) is 5. The van der Waals surface area contributed by atoms with E-state index in [9.17, 15) is 19.2 Å². The van der Waals surface area contributed by atoms with E-state index in [0.29, 0.717) is 70.4 Å². The van der Waals surface area contributed by atoms with Crippen LogP contribution in [0, 0.1) is 0 Å². The second kappa shape index (κ2) is 21.0. The van der Waals surface area contributed by atoms with Gasteiger partial charge in [0.2, 0.25) is 11.8 Å². The van der Waals surface area contributed by atoms with Gasteiger partial charge < -0.3 is 45.0 Å². The molecule has 4 N–H and O–H groups in total. The van der Waals surface area contributed by atoms with Gasteiger partial charge in [0, 0.05) is 90.8 Å². The first-order chi connectivity index (χ1) is 22.9. The van der Waals surface area contributed by atoms with Crippen LogP contribution in [0.4, 0.5) is 10.5 Å². The van der Waals surface area contributed by atoms with Gasteiger partial charge in [0.15, 0.2) is 0 Å². The molecular weight excluding hydrogens is 608 g/mol. The molecule has 4 amide bonds. The lowest BCUT2D eigenvalue weighted by Gasteiger charge is -2.15. The molecule has 2 aromatic carbocycles. The number of benzene rings is 2. The van der Waals surface area contributed by atoms with Crippen LogP contribution in [0.3, 0.4) is 0 Å². The molecular formula is C34H48N4O9. The normalized spacial score (nSPS) is 13.0. The number of carbonyl (C=O) groups excluding carboxylic acids is 4. The lowest BCUT2D eigenvalue weighted by molar-refractivity contribution is -0.121. The molecule has 13 heteroatoms. The molecule has 1 unspecified atom stereocenters. The first kappa shape index (κ1) is 37.4. The third-order valence-electron chi connectivity index (χ3n) is 7.46. The molecule has 0 saturated heterocycles. The maximum absolute atomic E-state index is 13.3. The summed E-state index contributed by atoms with van der Waals surface area (Å²) in [6, 6.07) is 11.0. The number of hydrogen-bond donors (Lipinski definition) is 4. The van der Waals surface area contributed by atoms with Crippen molar-refractivity contribution < 1.29 is 42.9 Å². The molecule has 0 fully saturated rings. The Morgan fingerprint density at radius 2 is 1.43 bits per heavy atom. The van der Waals surface area contributed by atoms with Gasteiger partial charge in [0.1, 0.15) is 6.61 Å². The Morgan fingerprint density at radius 3 is 2.11 bits per heavy atom. The van der Waals surface area contributed by atoms with Crippen molar-refractivity contribution in [2.45, 2.75) is 38.0 Å². The second-order valence-electron chi connectivity index (χ2n) is 10.9. The fourth-order valence-corrected chi connectivity index (χ4v) is 5.22. The molecule has 3 rings (SSSR count).